The number of benzene rings is 4. The van der Waals surface area contributed by atoms with Crippen molar-refractivity contribution >= 4 is 57.6 Å². The van der Waals surface area contributed by atoms with Gasteiger partial charge in [0.2, 0.25) is 5.79 Å². The maximum Gasteiger partial charge on any atom is 0.217 e. The molecule has 7 rings (SSSR count). The molecule has 2 atom stereocenters. The van der Waals surface area contributed by atoms with E-state index in [-0.39, 0.29) is 12.6 Å². The minimum Gasteiger partial charge on any atom is -0.491 e. The molecule has 0 spiro atoms. The van der Waals surface area contributed by atoms with Gasteiger partial charge in [0.1, 0.15) is 37.7 Å². The predicted molar refractivity (Wildman–Crippen MR) is 223 cm³/mol. The molecule has 0 unspecified atom stereocenters. The molecule has 56 heavy (non-hydrogen) atoms. The van der Waals surface area contributed by atoms with E-state index in [1.807, 2.05) is 36.4 Å². The summed E-state index contributed by atoms with van der Waals surface area (Å²) in [6.07, 6.45) is 2.34. The van der Waals surface area contributed by atoms with Crippen LogP contribution < -0.4 is 19.9 Å². The van der Waals surface area contributed by atoms with Crippen LogP contribution in [0.25, 0.3) is 0 Å². The van der Waals surface area contributed by atoms with E-state index in [2.05, 4.69) is 78.6 Å². The minimum absolute atomic E-state index is 0.268. The van der Waals surface area contributed by atoms with Crippen molar-refractivity contribution in [3.63, 3.8) is 0 Å². The van der Waals surface area contributed by atoms with Crippen LogP contribution in [0.4, 0.5) is 17.1 Å². The Kier molecular flexibility index (Phi) is 13.2. The molecule has 5 aromatic rings. The molecule has 0 radical (unpaired) electrons. The van der Waals surface area contributed by atoms with Gasteiger partial charge in [0.15, 0.2) is 11.4 Å². The highest BCUT2D eigenvalue weighted by molar-refractivity contribution is 7.80. The van der Waals surface area contributed by atoms with Gasteiger partial charge < -0.3 is 43.7 Å². The second-order valence-electron chi connectivity index (χ2n) is 13.5. The molecule has 0 amide bonds. The summed E-state index contributed by atoms with van der Waals surface area (Å²) in [4.78, 5) is 10.9. The Morgan fingerprint density at radius 2 is 1.61 bits per heavy atom. The van der Waals surface area contributed by atoms with E-state index in [9.17, 15) is 0 Å². The average molecular weight is 819 g/mol. The summed E-state index contributed by atoms with van der Waals surface area (Å²) in [7, 11) is 3.27. The zero-order valence-corrected chi connectivity index (χ0v) is 33.6. The average Bonchev–Trinajstić information content (AvgIpc) is 3.90. The van der Waals surface area contributed by atoms with E-state index in [1.54, 1.807) is 37.4 Å². The Balaban J connectivity index is 0.892. The number of rotatable bonds is 15. The lowest BCUT2D eigenvalue weighted by atomic mass is 10.1. The molecule has 1 aromatic heterocycles. The summed E-state index contributed by atoms with van der Waals surface area (Å²) < 4.78 is 31.5. The van der Waals surface area contributed by atoms with E-state index < -0.39 is 12.1 Å². The third-order valence-electron chi connectivity index (χ3n) is 9.84. The summed E-state index contributed by atoms with van der Waals surface area (Å²) in [5.41, 5.74) is 5.07. The van der Waals surface area contributed by atoms with Gasteiger partial charge >= 0.3 is 0 Å². The Morgan fingerprint density at radius 1 is 0.929 bits per heavy atom. The third-order valence-corrected chi connectivity index (χ3v) is 10.7. The van der Waals surface area contributed by atoms with Gasteiger partial charge in [-0.05, 0) is 78.4 Å². The van der Waals surface area contributed by atoms with Crippen molar-refractivity contribution in [2.75, 3.05) is 75.3 Å². The first-order chi connectivity index (χ1) is 27.3. The molecule has 12 nitrogen and oxygen atoms in total. The Bertz CT molecular complexity index is 2000. The second kappa shape index (κ2) is 18.6. The van der Waals surface area contributed by atoms with Crippen molar-refractivity contribution in [1.29, 1.82) is 0 Å². The molecule has 0 bridgehead atoms. The molecule has 2 saturated heterocycles. The minimum atomic E-state index is -1.16. The SMILES string of the molecule is COC(CN(Cc1ccccc1)C(=S)Nc1ccc(N2CCN(c3ccc(OC[C@@H]4CO[C@@](Cn5cncn5)(c5ccc(Cl)cc5Cl)O4)cc3)CC2)cc1)OC. The van der Waals surface area contributed by atoms with Crippen molar-refractivity contribution in [2.45, 2.75) is 31.3 Å². The van der Waals surface area contributed by atoms with Crippen molar-refractivity contribution in [2.24, 2.45) is 0 Å². The van der Waals surface area contributed by atoms with E-state index >= 15 is 0 Å². The highest BCUT2D eigenvalue weighted by atomic mass is 35.5. The molecule has 15 heteroatoms. The summed E-state index contributed by atoms with van der Waals surface area (Å²) in [6, 6.07) is 32.1. The van der Waals surface area contributed by atoms with Gasteiger partial charge in [0, 0.05) is 74.6 Å². The normalized spacial score (nSPS) is 18.3. The lowest BCUT2D eigenvalue weighted by molar-refractivity contribution is -0.190. The second-order valence-corrected chi connectivity index (χ2v) is 14.8. The zero-order valence-electron chi connectivity index (χ0n) is 31.3. The first kappa shape index (κ1) is 39.8. The summed E-state index contributed by atoms with van der Waals surface area (Å²) in [5.74, 6) is -0.409. The van der Waals surface area contributed by atoms with Crippen LogP contribution in [0.1, 0.15) is 11.1 Å². The Morgan fingerprint density at radius 3 is 2.23 bits per heavy atom. The predicted octanol–water partition coefficient (Wildman–Crippen LogP) is 7.08. The van der Waals surface area contributed by atoms with Crippen LogP contribution in [0.3, 0.4) is 0 Å². The number of nitrogens with zero attached hydrogens (tertiary/aromatic N) is 6. The lowest BCUT2D eigenvalue weighted by Gasteiger charge is -2.37. The van der Waals surface area contributed by atoms with Crippen LogP contribution in [0.5, 0.6) is 5.75 Å². The molecule has 2 aliphatic heterocycles. The van der Waals surface area contributed by atoms with Gasteiger partial charge in [0.25, 0.3) is 0 Å². The van der Waals surface area contributed by atoms with Gasteiger partial charge in [-0.2, -0.15) is 5.10 Å². The molecule has 294 valence electrons. The monoisotopic (exact) mass is 817 g/mol. The van der Waals surface area contributed by atoms with Crippen LogP contribution in [0.15, 0.2) is 110 Å². The number of piperazine rings is 1. The van der Waals surface area contributed by atoms with Crippen LogP contribution in [0, 0.1) is 0 Å². The molecule has 1 N–H and O–H groups in total. The highest BCUT2D eigenvalue weighted by Crippen LogP contribution is 2.40. The third kappa shape index (κ3) is 9.90. The van der Waals surface area contributed by atoms with Gasteiger partial charge in [-0.25, -0.2) is 9.67 Å². The number of ether oxygens (including phenoxy) is 5. The molecule has 0 aliphatic carbocycles. The molecular weight excluding hydrogens is 773 g/mol. The number of aromatic nitrogens is 3. The first-order valence-corrected chi connectivity index (χ1v) is 19.6. The fourth-order valence-corrected chi connectivity index (χ4v) is 7.66. The number of hydrogen-bond acceptors (Lipinski definition) is 10. The molecule has 3 heterocycles. The molecule has 4 aromatic carbocycles. The van der Waals surface area contributed by atoms with Crippen molar-refractivity contribution in [3.05, 3.63) is 131 Å². The lowest BCUT2D eigenvalue weighted by Crippen LogP contribution is -2.46. The molecular formula is C41H45Cl2N7O5S. The Hall–Kier alpha value is -4.47. The van der Waals surface area contributed by atoms with E-state index in [1.165, 1.54) is 12.0 Å². The van der Waals surface area contributed by atoms with Crippen LogP contribution in [0.2, 0.25) is 10.0 Å². The summed E-state index contributed by atoms with van der Waals surface area (Å²) in [6.45, 7) is 5.61. The van der Waals surface area contributed by atoms with E-state index in [0.717, 1.165) is 48.9 Å². The zero-order chi connectivity index (χ0) is 38.9. The van der Waals surface area contributed by atoms with Gasteiger partial charge in [-0.3, -0.25) is 0 Å². The number of nitrogens with one attached hydrogen (secondary N) is 1. The van der Waals surface area contributed by atoms with Crippen LogP contribution in [-0.2, 0) is 37.8 Å². The molecule has 0 saturated carbocycles. The highest BCUT2D eigenvalue weighted by Gasteiger charge is 2.45. The van der Waals surface area contributed by atoms with E-state index in [0.29, 0.717) is 47.0 Å². The fourth-order valence-electron chi connectivity index (χ4n) is 6.85. The maximum absolute atomic E-state index is 6.60. The number of hydrogen-bond donors (Lipinski definition) is 1. The summed E-state index contributed by atoms with van der Waals surface area (Å²) >= 11 is 18.6. The quantitative estimate of drug-likeness (QED) is 0.0865. The summed E-state index contributed by atoms with van der Waals surface area (Å²) in [5, 5.41) is 9.23. The number of thiocarbonyl (C=S) groups is 1. The fraction of sp³-hybridized carbons (Fsp3) is 0.341. The standard InChI is InChI=1S/C41H45Cl2N7O5S/c1-51-39(52-2)24-49(23-30-6-4-3-5-7-30)40(56)46-32-9-11-33(12-10-32)47-18-20-48(21-19-47)34-13-15-35(16-14-34)53-25-36-26-54-41(55-36,27-50-29-44-28-45-50)37-17-8-31(42)22-38(37)43/h3-17,22,28-29,36,39H,18-21,23-27H2,1-2H3,(H,46,56)/t36-,41-/m1/s1. The van der Waals surface area contributed by atoms with Crippen LogP contribution in [-0.4, -0.2) is 97.3 Å². The molecule has 2 fully saturated rings. The van der Waals surface area contributed by atoms with Gasteiger partial charge in [0.05, 0.1) is 18.2 Å². The van der Waals surface area contributed by atoms with E-state index in [4.69, 9.17) is 59.1 Å². The number of methoxy groups -OCH3 is 2. The number of anilines is 3. The van der Waals surface area contributed by atoms with Crippen molar-refractivity contribution in [1.82, 2.24) is 19.7 Å². The smallest absolute Gasteiger partial charge is 0.217 e. The van der Waals surface area contributed by atoms with Gasteiger partial charge in [-0.15, -0.1) is 0 Å². The van der Waals surface area contributed by atoms with Crippen LogP contribution >= 0.6 is 35.4 Å². The molecule has 2 aliphatic rings. The first-order valence-electron chi connectivity index (χ1n) is 18.4. The van der Waals surface area contributed by atoms with Gasteiger partial charge in [-0.1, -0.05) is 59.6 Å². The number of halogens is 2. The largest absolute Gasteiger partial charge is 0.491 e. The van der Waals surface area contributed by atoms with Crippen molar-refractivity contribution in [3.8, 4) is 5.75 Å². The maximum atomic E-state index is 6.60. The topological polar surface area (TPSA) is 98.6 Å². The van der Waals surface area contributed by atoms with Crippen molar-refractivity contribution < 1.29 is 23.7 Å². The Labute approximate surface area is 342 Å².